The van der Waals surface area contributed by atoms with Crippen LogP contribution in [0.2, 0.25) is 0 Å². The SMILES string of the molecule is CCCCCCCCC(Oc1ccccc1)(c1ccccc1)[N+](C)(C)C(C)OCC. The maximum Gasteiger partial charge on any atom is 0.271 e. The molecule has 0 aliphatic rings. The second kappa shape index (κ2) is 12.1. The summed E-state index contributed by atoms with van der Waals surface area (Å²) in [4.78, 5) is 0. The minimum atomic E-state index is -0.526. The third-order valence-electron chi connectivity index (χ3n) is 6.37. The van der Waals surface area contributed by atoms with Crippen molar-refractivity contribution in [1.29, 1.82) is 0 Å². The first kappa shape index (κ1) is 24.4. The fraction of sp³-hybridized carbons (Fsp3) is 0.556. The van der Waals surface area contributed by atoms with E-state index in [1.807, 2.05) is 18.2 Å². The van der Waals surface area contributed by atoms with Gasteiger partial charge in [-0.3, -0.25) is 4.48 Å². The summed E-state index contributed by atoms with van der Waals surface area (Å²) in [7, 11) is 4.49. The van der Waals surface area contributed by atoms with Crippen LogP contribution in [0.4, 0.5) is 0 Å². The van der Waals surface area contributed by atoms with Crippen molar-refractivity contribution in [3.05, 3.63) is 66.2 Å². The van der Waals surface area contributed by atoms with Crippen molar-refractivity contribution >= 4 is 0 Å². The van der Waals surface area contributed by atoms with Crippen molar-refractivity contribution < 1.29 is 14.0 Å². The Morgan fingerprint density at radius 1 is 0.800 bits per heavy atom. The highest BCUT2D eigenvalue weighted by Crippen LogP contribution is 2.42. The van der Waals surface area contributed by atoms with Gasteiger partial charge in [0, 0.05) is 13.3 Å². The monoisotopic (exact) mass is 412 g/mol. The smallest absolute Gasteiger partial charge is 0.271 e. The van der Waals surface area contributed by atoms with Gasteiger partial charge in [0.1, 0.15) is 5.75 Å². The number of ether oxygens (including phenoxy) is 2. The zero-order valence-corrected chi connectivity index (χ0v) is 19.8. The van der Waals surface area contributed by atoms with Crippen molar-refractivity contribution in [2.24, 2.45) is 0 Å². The molecule has 0 saturated carbocycles. The van der Waals surface area contributed by atoms with Crippen LogP contribution in [0, 0.1) is 0 Å². The van der Waals surface area contributed by atoms with E-state index >= 15 is 0 Å². The van der Waals surface area contributed by atoms with Crippen molar-refractivity contribution in [2.75, 3.05) is 20.7 Å². The summed E-state index contributed by atoms with van der Waals surface area (Å²) in [5.74, 6) is 0.905. The summed E-state index contributed by atoms with van der Waals surface area (Å²) < 4.78 is 13.7. The van der Waals surface area contributed by atoms with E-state index < -0.39 is 5.72 Å². The molecular formula is C27H42NO2+. The fourth-order valence-corrected chi connectivity index (χ4v) is 4.24. The van der Waals surface area contributed by atoms with Crippen molar-refractivity contribution in [3.8, 4) is 5.75 Å². The molecule has 3 nitrogen and oxygen atoms in total. The number of rotatable bonds is 14. The molecule has 0 aromatic heterocycles. The normalized spacial score (nSPS) is 14.8. The molecule has 166 valence electrons. The minimum Gasteiger partial charge on any atom is -0.436 e. The van der Waals surface area contributed by atoms with E-state index in [9.17, 15) is 0 Å². The Morgan fingerprint density at radius 2 is 1.37 bits per heavy atom. The summed E-state index contributed by atoms with van der Waals surface area (Å²) >= 11 is 0. The van der Waals surface area contributed by atoms with Gasteiger partial charge in [-0.15, -0.1) is 0 Å². The third-order valence-corrected chi connectivity index (χ3v) is 6.37. The van der Waals surface area contributed by atoms with Crippen LogP contribution < -0.4 is 4.74 Å². The third kappa shape index (κ3) is 6.09. The number of hydrogen-bond acceptors (Lipinski definition) is 2. The average Bonchev–Trinajstić information content (AvgIpc) is 2.76. The van der Waals surface area contributed by atoms with Crippen LogP contribution in [0.25, 0.3) is 0 Å². The molecule has 2 unspecified atom stereocenters. The van der Waals surface area contributed by atoms with Crippen LogP contribution >= 0.6 is 0 Å². The van der Waals surface area contributed by atoms with Crippen LogP contribution in [-0.4, -0.2) is 31.4 Å². The molecule has 3 heteroatoms. The van der Waals surface area contributed by atoms with Crippen LogP contribution in [0.15, 0.2) is 60.7 Å². The molecule has 0 N–H and O–H groups in total. The Morgan fingerprint density at radius 3 is 1.97 bits per heavy atom. The lowest BCUT2D eigenvalue weighted by molar-refractivity contribution is -1.01. The Labute approximate surface area is 184 Å². The van der Waals surface area contributed by atoms with Gasteiger partial charge < -0.3 is 9.47 Å². The van der Waals surface area contributed by atoms with E-state index in [-0.39, 0.29) is 6.23 Å². The van der Waals surface area contributed by atoms with Crippen LogP contribution in [0.3, 0.4) is 0 Å². The number of quaternary nitrogens is 1. The van der Waals surface area contributed by atoms with Gasteiger partial charge in [0.15, 0.2) is 6.23 Å². The molecule has 0 heterocycles. The molecule has 0 spiro atoms. The zero-order valence-electron chi connectivity index (χ0n) is 19.8. The van der Waals surface area contributed by atoms with Crippen molar-refractivity contribution in [1.82, 2.24) is 0 Å². The number of nitrogens with zero attached hydrogens (tertiary/aromatic N) is 1. The molecule has 2 rings (SSSR count). The second-order valence-electron chi connectivity index (χ2n) is 8.68. The molecule has 0 fully saturated rings. The van der Waals surface area contributed by atoms with Gasteiger partial charge in [0.2, 0.25) is 0 Å². The van der Waals surface area contributed by atoms with E-state index in [4.69, 9.17) is 9.47 Å². The highest BCUT2D eigenvalue weighted by atomic mass is 16.5. The van der Waals surface area contributed by atoms with Crippen LogP contribution in [-0.2, 0) is 10.5 Å². The first-order valence-electron chi connectivity index (χ1n) is 11.7. The van der Waals surface area contributed by atoms with E-state index in [0.29, 0.717) is 11.1 Å². The van der Waals surface area contributed by atoms with E-state index in [1.165, 1.54) is 37.7 Å². The summed E-state index contributed by atoms with van der Waals surface area (Å²) in [5, 5.41) is 0. The first-order chi connectivity index (χ1) is 14.5. The van der Waals surface area contributed by atoms with E-state index in [1.54, 1.807) is 0 Å². The molecule has 0 amide bonds. The highest BCUT2D eigenvalue weighted by molar-refractivity contribution is 5.26. The molecule has 2 aromatic carbocycles. The Bertz CT molecular complexity index is 701. The molecule has 0 bridgehead atoms. The molecular weight excluding hydrogens is 370 g/mol. The molecule has 2 aromatic rings. The van der Waals surface area contributed by atoms with Gasteiger partial charge in [-0.25, -0.2) is 0 Å². The lowest BCUT2D eigenvalue weighted by atomic mass is 9.91. The Kier molecular flexibility index (Phi) is 9.87. The van der Waals surface area contributed by atoms with Gasteiger partial charge in [-0.1, -0.05) is 75.4 Å². The maximum atomic E-state index is 6.94. The van der Waals surface area contributed by atoms with Crippen LogP contribution in [0.1, 0.15) is 71.3 Å². The van der Waals surface area contributed by atoms with Gasteiger partial charge in [-0.2, -0.15) is 0 Å². The molecule has 0 aliphatic heterocycles. The number of benzene rings is 2. The number of unbranched alkanes of at least 4 members (excludes halogenated alkanes) is 5. The Hall–Kier alpha value is -1.84. The zero-order chi connectivity index (χ0) is 21.9. The molecule has 30 heavy (non-hydrogen) atoms. The van der Waals surface area contributed by atoms with Crippen molar-refractivity contribution in [2.45, 2.75) is 77.7 Å². The lowest BCUT2D eigenvalue weighted by Gasteiger charge is -2.50. The minimum absolute atomic E-state index is 0.000917. The Balaban J connectivity index is 2.42. The van der Waals surface area contributed by atoms with Crippen LogP contribution in [0.5, 0.6) is 5.75 Å². The molecule has 0 aliphatic carbocycles. The maximum absolute atomic E-state index is 6.94. The van der Waals surface area contributed by atoms with Gasteiger partial charge in [0.05, 0.1) is 26.3 Å². The summed E-state index contributed by atoms with van der Waals surface area (Å²) in [6.45, 7) is 7.18. The van der Waals surface area contributed by atoms with Crippen molar-refractivity contribution in [3.63, 3.8) is 0 Å². The predicted molar refractivity (Wildman–Crippen MR) is 126 cm³/mol. The summed E-state index contributed by atoms with van der Waals surface area (Å²) in [6, 6.07) is 21.0. The topological polar surface area (TPSA) is 18.5 Å². The fourth-order valence-electron chi connectivity index (χ4n) is 4.24. The second-order valence-corrected chi connectivity index (χ2v) is 8.68. The first-order valence-corrected chi connectivity index (χ1v) is 11.7. The van der Waals surface area contributed by atoms with E-state index in [0.717, 1.165) is 18.6 Å². The molecule has 0 saturated heterocycles. The lowest BCUT2D eigenvalue weighted by Crippen LogP contribution is -2.65. The standard InChI is InChI=1S/C27H42NO2/c1-6-8-9-10-11-18-23-27(25-19-14-12-15-20-25,28(4,5)24(3)29-7-2)30-26-21-16-13-17-22-26/h12-17,19-22,24H,6-11,18,23H2,1-5H3/q+1. The quantitative estimate of drug-likeness (QED) is 0.187. The van der Waals surface area contributed by atoms with Gasteiger partial charge >= 0.3 is 0 Å². The van der Waals surface area contributed by atoms with Gasteiger partial charge in [0.25, 0.3) is 5.72 Å². The van der Waals surface area contributed by atoms with E-state index in [2.05, 4.69) is 77.3 Å². The molecule has 0 radical (unpaired) electrons. The summed E-state index contributed by atoms with van der Waals surface area (Å²) in [5.41, 5.74) is 0.682. The number of para-hydroxylation sites is 1. The summed E-state index contributed by atoms with van der Waals surface area (Å²) in [6.07, 6.45) is 8.53. The van der Waals surface area contributed by atoms with Gasteiger partial charge in [-0.05, 0) is 37.6 Å². The largest absolute Gasteiger partial charge is 0.436 e. The highest BCUT2D eigenvalue weighted by Gasteiger charge is 2.52. The predicted octanol–water partition coefficient (Wildman–Crippen LogP) is 7.13. The number of hydrogen-bond donors (Lipinski definition) is 0. The average molecular weight is 413 g/mol. The molecule has 2 atom stereocenters.